The number of benzene rings is 8. The Labute approximate surface area is 707 Å². The van der Waals surface area contributed by atoms with Crippen LogP contribution in [0.3, 0.4) is 0 Å². The van der Waals surface area contributed by atoms with Gasteiger partial charge in [-0.25, -0.2) is 42.1 Å². The van der Waals surface area contributed by atoms with E-state index in [1.165, 1.54) is 21.5 Å². The van der Waals surface area contributed by atoms with Gasteiger partial charge in [0.15, 0.2) is 29.1 Å². The lowest BCUT2D eigenvalue weighted by Crippen LogP contribution is -2.24. The van der Waals surface area contributed by atoms with Crippen LogP contribution in [0.25, 0.3) is 54.5 Å². The number of nitrogens with zero attached hydrogens (tertiary/aromatic N) is 15. The first-order chi connectivity index (χ1) is 56.3. The Hall–Kier alpha value is -11.6. The number of aryl methyl sites for hydroxylation is 4. The average molecular weight is 1770 g/mol. The number of carbonyl (C=O) groups is 3. The highest BCUT2D eigenvalue weighted by molar-refractivity contribution is 7.94. The van der Waals surface area contributed by atoms with Gasteiger partial charge in [-0.2, -0.15) is 25.5 Å². The van der Waals surface area contributed by atoms with Crippen LogP contribution in [0.2, 0.25) is 0 Å². The van der Waals surface area contributed by atoms with Crippen molar-refractivity contribution < 1.29 is 56.5 Å². The van der Waals surface area contributed by atoms with Crippen LogP contribution < -0.4 is 48.1 Å². The van der Waals surface area contributed by atoms with E-state index in [-0.39, 0.29) is 90.6 Å². The summed E-state index contributed by atoms with van der Waals surface area (Å²) in [6.45, 7) is 2.52. The van der Waals surface area contributed by atoms with Gasteiger partial charge in [0.05, 0.1) is 104 Å². The Morgan fingerprint density at radius 2 is 0.650 bits per heavy atom. The molecule has 0 aliphatic carbocycles. The second kappa shape index (κ2) is 36.2. The molecule has 0 saturated carbocycles. The first-order valence-corrected chi connectivity index (χ1v) is 46.2. The van der Waals surface area contributed by atoms with Gasteiger partial charge in [-0.05, 0) is 140 Å². The number of nitrogen functional groups attached to an aromatic ring is 1. The van der Waals surface area contributed by atoms with E-state index in [2.05, 4.69) is 46.5 Å². The van der Waals surface area contributed by atoms with Gasteiger partial charge in [-0.1, -0.05) is 91.0 Å². The van der Waals surface area contributed by atoms with Crippen molar-refractivity contribution in [3.63, 3.8) is 0 Å². The smallest absolute Gasteiger partial charge is 0.235 e. The third-order valence-electron chi connectivity index (χ3n) is 20.6. The highest BCUT2D eigenvalue weighted by Gasteiger charge is 2.34. The molecule has 5 saturated heterocycles. The Morgan fingerprint density at radius 3 is 0.983 bits per heavy atom. The molecule has 10 heterocycles. The molecule has 0 bridgehead atoms. The minimum atomic E-state index is -3.26. The van der Waals surface area contributed by atoms with Gasteiger partial charge in [-0.15, -0.1) is 24.8 Å². The van der Waals surface area contributed by atoms with Crippen molar-refractivity contribution in [2.45, 2.75) is 51.4 Å². The van der Waals surface area contributed by atoms with E-state index in [1.54, 1.807) is 82.7 Å². The molecule has 0 spiro atoms. The number of fused-ring (bicyclic) bond motifs is 5. The van der Waals surface area contributed by atoms with Crippen LogP contribution in [0.4, 0.5) is 57.5 Å². The normalized spacial score (nSPS) is 16.4. The summed E-state index contributed by atoms with van der Waals surface area (Å²) in [7, 11) is -4.91. The predicted molar refractivity (Wildman–Crippen MR) is 477 cm³/mol. The maximum absolute atomic E-state index is 12.4. The number of nitrogens with one attached hydrogen (secondary N) is 4. The van der Waals surface area contributed by atoms with Crippen molar-refractivity contribution in [2.75, 3.05) is 124 Å². The Morgan fingerprint density at radius 1 is 0.367 bits per heavy atom. The van der Waals surface area contributed by atoms with E-state index in [1.807, 2.05) is 165 Å². The number of rotatable bonds is 15. The van der Waals surface area contributed by atoms with Crippen LogP contribution in [-0.2, 0) is 112 Å². The average Bonchev–Trinajstić information content (AvgIpc) is 1.71. The number of aromatic nitrogens is 10. The second-order valence-electron chi connectivity index (χ2n) is 29.2. The third kappa shape index (κ3) is 19.3. The number of carbonyl (C=O) groups excluding carboxylic acids is 3. The molecule has 8 aromatic carbocycles. The summed E-state index contributed by atoms with van der Waals surface area (Å²) in [6, 6.07) is 55.6. The van der Waals surface area contributed by atoms with Crippen molar-refractivity contribution in [1.82, 2.24) is 49.3 Å². The number of H-pyrrole nitrogens is 1. The molecule has 5 aromatic heterocycles. The first-order valence-electron chi connectivity index (χ1n) is 38.1. The van der Waals surface area contributed by atoms with Crippen LogP contribution >= 0.6 is 24.8 Å². The molecule has 3 amide bonds. The summed E-state index contributed by atoms with van der Waals surface area (Å²) in [5.41, 5.74) is 16.0. The molecule has 18 rings (SSSR count). The molecule has 0 radical (unpaired) electrons. The molecule has 0 atom stereocenters. The number of nitrogens with two attached hydrogens (primary N) is 1. The summed E-state index contributed by atoms with van der Waals surface area (Å²) >= 11 is 0. The van der Waals surface area contributed by atoms with Gasteiger partial charge < -0.3 is 26.6 Å². The SMILES string of the molecule is CN(C)c1nn(C)c2ccc(N3CCCS3(=O)=O)cc12.Cl.Cl.Cn1nc(N)c2cc(N3CCCS3(=O)=O)ccc21.Cn1nc(NC(=O)Cc2ccccc2)c2cc(N3CCCS3(=O)=O)ccc21.Cn1nc(NC(=O)Cc2ccccc2)c2cc(N3CCCS3(=O)=O)ccc21.O=C(Cc1ccccc1)Nc1n[nH]c2ccc(N3CCCS3(=O)=O)cc12. The molecule has 33 nitrogen and oxygen atoms in total. The third-order valence-corrected chi connectivity index (χ3v) is 30.0. The summed E-state index contributed by atoms with van der Waals surface area (Å²) in [6.07, 6.45) is 3.96. The fourth-order valence-electron chi connectivity index (χ4n) is 14.9. The topological polar surface area (TPSA) is 403 Å². The lowest BCUT2D eigenvalue weighted by atomic mass is 10.1. The fraction of sp³-hybridized carbons (Fsp3) is 0.300. The molecule has 5 fully saturated rings. The zero-order valence-electron chi connectivity index (χ0n) is 66.5. The zero-order chi connectivity index (χ0) is 83.6. The molecular formula is C80H92Cl2N20O13S5. The highest BCUT2D eigenvalue weighted by atomic mass is 35.5. The minimum Gasteiger partial charge on any atom is -0.382 e. The molecule has 120 heavy (non-hydrogen) atoms. The number of anilines is 10. The van der Waals surface area contributed by atoms with Gasteiger partial charge in [-0.3, -0.25) is 59.7 Å². The number of sulfonamides is 5. The predicted octanol–water partition coefficient (Wildman–Crippen LogP) is 9.59. The number of amides is 3. The highest BCUT2D eigenvalue weighted by Crippen LogP contribution is 2.37. The van der Waals surface area contributed by atoms with Gasteiger partial charge in [0.25, 0.3) is 0 Å². The lowest BCUT2D eigenvalue weighted by Gasteiger charge is -2.17. The van der Waals surface area contributed by atoms with Crippen LogP contribution in [0.5, 0.6) is 0 Å². The van der Waals surface area contributed by atoms with Crippen molar-refractivity contribution in [3.05, 3.63) is 199 Å². The van der Waals surface area contributed by atoms with Crippen LogP contribution in [0.1, 0.15) is 48.8 Å². The van der Waals surface area contributed by atoms with Crippen LogP contribution in [0, 0.1) is 0 Å². The van der Waals surface area contributed by atoms with Crippen molar-refractivity contribution in [3.8, 4) is 0 Å². The van der Waals surface area contributed by atoms with Crippen molar-refractivity contribution in [2.24, 2.45) is 28.2 Å². The van der Waals surface area contributed by atoms with Crippen molar-refractivity contribution in [1.29, 1.82) is 0 Å². The monoisotopic (exact) mass is 1770 g/mol. The molecule has 13 aromatic rings. The van der Waals surface area contributed by atoms with Gasteiger partial charge in [0.1, 0.15) is 0 Å². The van der Waals surface area contributed by atoms with E-state index in [4.69, 9.17) is 5.73 Å². The van der Waals surface area contributed by atoms with Crippen molar-refractivity contribution >= 4 is 205 Å². The zero-order valence-corrected chi connectivity index (χ0v) is 72.2. The van der Waals surface area contributed by atoms with Crippen LogP contribution in [-0.4, -0.2) is 185 Å². The maximum Gasteiger partial charge on any atom is 0.235 e. The molecule has 5 aliphatic heterocycles. The minimum absolute atomic E-state index is 0. The van der Waals surface area contributed by atoms with Crippen LogP contribution in [0.15, 0.2) is 182 Å². The largest absolute Gasteiger partial charge is 0.382 e. The summed E-state index contributed by atoms with van der Waals surface area (Å²) in [5, 5.41) is 36.8. The quantitative estimate of drug-likeness (QED) is 0.0637. The van der Waals surface area contributed by atoms with E-state index in [9.17, 15) is 56.5 Å². The van der Waals surface area contributed by atoms with Gasteiger partial charge in [0.2, 0.25) is 67.8 Å². The standard InChI is InChI=1S/2C19H20N4O3S.C18H18N4O3S.C13H18N4O2S.C11H14N4O2S.2ClH/c2*1-22-17-9-8-15(23-10-5-11-27(23,25)26)13-16(17)19(21-22)20-18(24)12-14-6-3-2-4-7-14;23-17(11-13-5-2-1-3-6-13)19-18-15-12-14(7-8-16(15)20-21-18)22-9-4-10-26(22,24)25;1-15(2)13-11-9-10(5-6-12(11)16(3)14-13)17-7-4-8-20(17,18)19;1-14-10-4-3-8(7-9(10)11(12)13-14)15-5-2-6-18(15,16)17;;/h2*2-4,6-9,13H,5,10-12H2,1H3,(H,20,21,24);1-3,5-8,12H,4,9-11H2,(H2,19,20,21,23);5-6,9H,4,7-8H2,1-3H3;3-4,7H,2,5-6H2,1H3,(H2,12,13);2*1H. The van der Waals surface area contributed by atoms with E-state index >= 15 is 0 Å². The summed E-state index contributed by atoms with van der Waals surface area (Å²) in [5.74, 6) is 2.98. The van der Waals surface area contributed by atoms with E-state index in [0.29, 0.717) is 116 Å². The first kappa shape index (κ1) is 87.8. The maximum atomic E-state index is 12.4. The number of hydrogen-bond donors (Lipinski definition) is 5. The van der Waals surface area contributed by atoms with Gasteiger partial charge in [0, 0.05) is 102 Å². The molecule has 6 N–H and O–H groups in total. The molecule has 40 heteroatoms. The number of hydrogen-bond acceptors (Lipinski definition) is 20. The Balaban J connectivity index is 0.000000138. The molecule has 0 unspecified atom stereocenters. The van der Waals surface area contributed by atoms with E-state index < -0.39 is 50.1 Å². The van der Waals surface area contributed by atoms with E-state index in [0.717, 1.165) is 77.3 Å². The Bertz CT molecular complexity index is 6420. The lowest BCUT2D eigenvalue weighted by molar-refractivity contribution is -0.116. The summed E-state index contributed by atoms with van der Waals surface area (Å²) < 4.78 is 135. The fourth-order valence-corrected chi connectivity index (χ4v) is 22.7. The second-order valence-corrected chi connectivity index (χ2v) is 39.3. The number of halogens is 2. The number of aromatic amines is 1. The Kier molecular flexibility index (Phi) is 26.5. The van der Waals surface area contributed by atoms with Gasteiger partial charge >= 0.3 is 0 Å². The molecule has 5 aliphatic rings. The summed E-state index contributed by atoms with van der Waals surface area (Å²) in [4.78, 5) is 39.1. The molecular weight excluding hydrogens is 1680 g/mol. The molecule has 634 valence electrons.